The van der Waals surface area contributed by atoms with E-state index >= 15 is 4.39 Å². The number of amides is 1. The Kier molecular flexibility index (Phi) is 13.1. The van der Waals surface area contributed by atoms with Gasteiger partial charge in [0.25, 0.3) is 0 Å². The second kappa shape index (κ2) is 17.3. The molecule has 0 aliphatic rings. The number of ether oxygens (including phenoxy) is 1. The third-order valence-corrected chi connectivity index (χ3v) is 15.4. The van der Waals surface area contributed by atoms with E-state index in [9.17, 15) is 25.0 Å². The molecule has 0 fully saturated rings. The summed E-state index contributed by atoms with van der Waals surface area (Å²) in [4.78, 5) is 42.2. The molecule has 0 aliphatic carbocycles. The lowest BCUT2D eigenvalue weighted by Crippen LogP contribution is -2.48. The molecule has 0 aliphatic heterocycles. The van der Waals surface area contributed by atoms with E-state index in [1.54, 1.807) is 18.2 Å². The van der Waals surface area contributed by atoms with Gasteiger partial charge in [0.2, 0.25) is 5.82 Å². The van der Waals surface area contributed by atoms with Crippen molar-refractivity contribution in [3.63, 3.8) is 0 Å². The maximum atomic E-state index is 16.7. The molecule has 15 nitrogen and oxygen atoms in total. The summed E-state index contributed by atoms with van der Waals surface area (Å²) in [6.45, 7) is 15.1. The number of hydrogen-bond donors (Lipinski definition) is 4. The number of nitriles is 1. The van der Waals surface area contributed by atoms with Crippen molar-refractivity contribution < 1.29 is 28.4 Å². The number of pyridine rings is 1. The number of nitro groups is 1. The van der Waals surface area contributed by atoms with E-state index in [1.807, 2.05) is 13.0 Å². The second-order valence-electron chi connectivity index (χ2n) is 13.4. The average Bonchev–Trinajstić information content (AvgIpc) is 3.50. The minimum absolute atomic E-state index is 0.0292. The molecule has 0 radical (unpaired) electrons. The van der Waals surface area contributed by atoms with Crippen LogP contribution in [0.5, 0.6) is 5.75 Å². The number of rotatable bonds is 17. The molecule has 0 saturated carbocycles. The normalized spacial score (nSPS) is 12.2. The fourth-order valence-electron chi connectivity index (χ4n) is 6.95. The van der Waals surface area contributed by atoms with Crippen LogP contribution in [0.15, 0.2) is 53.5 Å². The highest BCUT2D eigenvalue weighted by molar-refractivity contribution is 6.77. The van der Waals surface area contributed by atoms with Crippen LogP contribution in [0.4, 0.5) is 20.6 Å². The van der Waals surface area contributed by atoms with Crippen molar-refractivity contribution in [1.82, 2.24) is 25.1 Å². The van der Waals surface area contributed by atoms with Crippen molar-refractivity contribution in [2.75, 3.05) is 18.5 Å². The van der Waals surface area contributed by atoms with Crippen LogP contribution in [-0.4, -0.2) is 57.4 Å². The number of halogens is 1. The molecule has 2 aromatic heterocycles. The van der Waals surface area contributed by atoms with Gasteiger partial charge in [0, 0.05) is 30.1 Å². The molecule has 0 spiro atoms. The summed E-state index contributed by atoms with van der Waals surface area (Å²) in [7, 11) is -2.21. The van der Waals surface area contributed by atoms with Gasteiger partial charge in [-0.25, -0.2) is 19.0 Å². The van der Waals surface area contributed by atoms with Gasteiger partial charge in [-0.3, -0.25) is 15.1 Å². The molecule has 53 heavy (non-hydrogen) atoms. The summed E-state index contributed by atoms with van der Waals surface area (Å²) in [5, 5.41) is 40.3. The number of aromatic nitrogens is 4. The molecule has 4 aromatic rings. The number of carbonyl (C=O) groups is 1. The highest BCUT2D eigenvalue weighted by Crippen LogP contribution is 2.42. The van der Waals surface area contributed by atoms with Crippen molar-refractivity contribution in [2.24, 2.45) is 0 Å². The zero-order chi connectivity index (χ0) is 39.0. The number of benzene rings is 2. The Morgan fingerprint density at radius 1 is 1.13 bits per heavy atom. The molecular formula is C36H45FN8O7Si. The van der Waals surface area contributed by atoms with E-state index in [1.165, 1.54) is 30.5 Å². The van der Waals surface area contributed by atoms with Crippen molar-refractivity contribution in [1.29, 1.82) is 5.26 Å². The van der Waals surface area contributed by atoms with Crippen molar-refractivity contribution in [3.8, 4) is 17.6 Å². The van der Waals surface area contributed by atoms with E-state index in [-0.39, 0.29) is 48.3 Å². The van der Waals surface area contributed by atoms with Gasteiger partial charge in [-0.2, -0.15) is 9.94 Å². The van der Waals surface area contributed by atoms with Crippen LogP contribution in [0.1, 0.15) is 82.6 Å². The summed E-state index contributed by atoms with van der Waals surface area (Å²) in [6.07, 6.45) is 0.471. The third-order valence-electron chi connectivity index (χ3n) is 9.29. The molecule has 1 amide bonds. The molecule has 4 rings (SSSR count). The van der Waals surface area contributed by atoms with Gasteiger partial charge in [-0.1, -0.05) is 54.5 Å². The van der Waals surface area contributed by atoms with Crippen LogP contribution in [0.3, 0.4) is 0 Å². The lowest BCUT2D eigenvalue weighted by molar-refractivity contribution is -0.385. The first-order valence-corrected chi connectivity index (χ1v) is 19.4. The van der Waals surface area contributed by atoms with Crippen molar-refractivity contribution in [3.05, 3.63) is 103 Å². The number of aromatic amines is 1. The van der Waals surface area contributed by atoms with Gasteiger partial charge in [-0.15, -0.1) is 5.10 Å². The van der Waals surface area contributed by atoms with Crippen molar-refractivity contribution in [2.45, 2.75) is 84.1 Å². The molecule has 0 saturated heterocycles. The number of H-pyrrole nitrogens is 1. The molecule has 4 N–H and O–H groups in total. The Morgan fingerprint density at radius 2 is 1.83 bits per heavy atom. The minimum atomic E-state index is -2.21. The summed E-state index contributed by atoms with van der Waals surface area (Å²) >= 11 is 0. The quantitative estimate of drug-likeness (QED) is 0.0375. The summed E-state index contributed by atoms with van der Waals surface area (Å²) < 4.78 is 30.1. The summed E-state index contributed by atoms with van der Waals surface area (Å²) in [6, 6.07) is 11.0. The van der Waals surface area contributed by atoms with Crippen LogP contribution in [-0.2, 0) is 17.4 Å². The Labute approximate surface area is 307 Å². The SMILES string of the molecule is CCc1cc(OCCO[Si](C(C)C)(C(C)C)C(C)C)c(F)c(C(Nc2ccc(C#N)c(CNC(=O)O)c2)c2nn(-c3ncccc3[N+](=O)[O-])c(=O)[nH]2)c1. The summed E-state index contributed by atoms with van der Waals surface area (Å²) in [5.41, 5.74) is 1.29. The topological polar surface area (TPSA) is 210 Å². The number of nitrogens with zero attached hydrogens (tertiary/aromatic N) is 5. The van der Waals surface area contributed by atoms with Gasteiger partial charge < -0.3 is 24.9 Å². The highest BCUT2D eigenvalue weighted by atomic mass is 28.4. The second-order valence-corrected chi connectivity index (χ2v) is 18.9. The standard InChI is InChI=1S/C36H45FN8O7Si/c1-8-24-16-28(31(37)30(17-24)51-14-15-52-53(21(2)3,22(4)5)23(6)7)32(41-27-12-11-25(19-38)26(18-27)20-40-36(47)48)33-42-35(46)44(43-33)34-29(45(49)50)10-9-13-39-34/h9-13,16-18,21-23,32,40-41H,8,14-15,20H2,1-7H3,(H,47,48)(H,42,43,46). The molecule has 2 aromatic carbocycles. The van der Waals surface area contributed by atoms with E-state index in [0.29, 0.717) is 39.9 Å². The Morgan fingerprint density at radius 3 is 2.43 bits per heavy atom. The molecule has 1 atom stereocenters. The average molecular weight is 749 g/mol. The number of anilines is 1. The lowest BCUT2D eigenvalue weighted by atomic mass is 9.99. The highest BCUT2D eigenvalue weighted by Gasteiger charge is 2.45. The van der Waals surface area contributed by atoms with E-state index in [4.69, 9.17) is 14.3 Å². The fraction of sp³-hybridized carbons (Fsp3) is 0.417. The number of hydrogen-bond acceptors (Lipinski definition) is 10. The largest absolute Gasteiger partial charge is 0.488 e. The molecule has 17 heteroatoms. The summed E-state index contributed by atoms with van der Waals surface area (Å²) in [5.74, 6) is -1.26. The van der Waals surface area contributed by atoms with E-state index in [2.05, 4.69) is 67.2 Å². The van der Waals surface area contributed by atoms with Crippen LogP contribution in [0.25, 0.3) is 5.82 Å². The zero-order valence-electron chi connectivity index (χ0n) is 30.8. The lowest BCUT2D eigenvalue weighted by Gasteiger charge is -2.42. The van der Waals surface area contributed by atoms with Gasteiger partial charge in [-0.05, 0) is 64.5 Å². The Bertz CT molecular complexity index is 2020. The molecule has 1 unspecified atom stereocenters. The van der Waals surface area contributed by atoms with Crippen LogP contribution >= 0.6 is 0 Å². The van der Waals surface area contributed by atoms with Crippen LogP contribution in [0.2, 0.25) is 16.6 Å². The molecular weight excluding hydrogens is 704 g/mol. The number of carboxylic acid groups (broad SMARTS) is 1. The monoisotopic (exact) mass is 748 g/mol. The smallest absolute Gasteiger partial charge is 0.404 e. The van der Waals surface area contributed by atoms with E-state index in [0.717, 1.165) is 4.68 Å². The van der Waals surface area contributed by atoms with Gasteiger partial charge >= 0.3 is 17.5 Å². The fourth-order valence-corrected chi connectivity index (χ4v) is 12.4. The first-order chi connectivity index (χ1) is 25.1. The van der Waals surface area contributed by atoms with Crippen LogP contribution < -0.4 is 21.1 Å². The van der Waals surface area contributed by atoms with E-state index < -0.39 is 42.6 Å². The zero-order valence-corrected chi connectivity index (χ0v) is 31.8. The number of aryl methyl sites for hydroxylation is 1. The maximum Gasteiger partial charge on any atom is 0.404 e. The Balaban J connectivity index is 1.81. The van der Waals surface area contributed by atoms with Crippen molar-refractivity contribution >= 4 is 25.8 Å². The molecule has 0 bridgehead atoms. The third kappa shape index (κ3) is 8.89. The predicted octanol–water partition coefficient (Wildman–Crippen LogP) is 6.98. The first kappa shape index (κ1) is 40.2. The predicted molar refractivity (Wildman–Crippen MR) is 198 cm³/mol. The maximum absolute atomic E-state index is 16.7. The number of nitrogens with one attached hydrogen (secondary N) is 3. The molecule has 2 heterocycles. The van der Waals surface area contributed by atoms with Gasteiger partial charge in [0.05, 0.1) is 23.2 Å². The Hall–Kier alpha value is -5.60. The molecule has 282 valence electrons. The first-order valence-electron chi connectivity index (χ1n) is 17.3. The minimum Gasteiger partial charge on any atom is -0.488 e. The van der Waals surface area contributed by atoms with Gasteiger partial charge in [0.15, 0.2) is 25.7 Å². The van der Waals surface area contributed by atoms with Crippen LogP contribution in [0, 0.1) is 27.3 Å². The van der Waals surface area contributed by atoms with Gasteiger partial charge in [0.1, 0.15) is 12.6 Å².